The molecule has 1 saturated heterocycles. The molecule has 1 aliphatic heterocycles. The molecule has 248 valence electrons. The molecule has 45 heavy (non-hydrogen) atoms. The second-order valence-corrected chi connectivity index (χ2v) is 15.5. The van der Waals surface area contributed by atoms with Crippen molar-refractivity contribution in [1.82, 2.24) is 16.1 Å². The van der Waals surface area contributed by atoms with Crippen LogP contribution in [0.3, 0.4) is 0 Å². The highest BCUT2D eigenvalue weighted by molar-refractivity contribution is 7.92. The van der Waals surface area contributed by atoms with Gasteiger partial charge in [-0.25, -0.2) is 23.5 Å². The third-order valence-electron chi connectivity index (χ3n) is 9.56. The van der Waals surface area contributed by atoms with E-state index in [-0.39, 0.29) is 41.7 Å². The Kier molecular flexibility index (Phi) is 10.5. The topological polar surface area (TPSA) is 204 Å². The minimum atomic E-state index is -3.96. The highest BCUT2D eigenvalue weighted by Crippen LogP contribution is 2.65. The van der Waals surface area contributed by atoms with Gasteiger partial charge in [0.15, 0.2) is 14.9 Å². The first-order valence-electron chi connectivity index (χ1n) is 15.4. The fraction of sp³-hybridized carbons (Fsp3) is 0.690. The predicted molar refractivity (Wildman–Crippen MR) is 168 cm³/mol. The molecule has 4 aliphatic rings. The first-order valence-corrected chi connectivity index (χ1v) is 17.1. The number of amides is 2. The van der Waals surface area contributed by atoms with Crippen LogP contribution in [-0.2, 0) is 28.7 Å². The zero-order valence-electron chi connectivity index (χ0n) is 26.5. The third kappa shape index (κ3) is 7.95. The summed E-state index contributed by atoms with van der Waals surface area (Å²) in [5.74, 6) is -2.06. The van der Waals surface area contributed by atoms with Gasteiger partial charge in [-0.2, -0.15) is 0 Å². The second-order valence-electron chi connectivity index (χ2n) is 13.6. The van der Waals surface area contributed by atoms with E-state index in [1.165, 1.54) is 12.1 Å². The summed E-state index contributed by atoms with van der Waals surface area (Å²) in [6.45, 7) is 10.7. The minimum absolute atomic E-state index is 0.00664. The molecule has 16 heteroatoms. The predicted octanol–water partition coefficient (Wildman–Crippen LogP) is 1.62. The molecule has 14 nitrogen and oxygen atoms in total. The average Bonchev–Trinajstić information content (AvgIpc) is 3.31. The van der Waals surface area contributed by atoms with Crippen LogP contribution < -0.4 is 21.8 Å². The molecule has 0 spiro atoms. The lowest BCUT2D eigenvalue weighted by Gasteiger charge is -2.64. The Morgan fingerprint density at radius 1 is 1.18 bits per heavy atom. The van der Waals surface area contributed by atoms with Crippen LogP contribution >= 0.6 is 0 Å². The largest absolute Gasteiger partial charge is 0.481 e. The molecule has 3 saturated carbocycles. The number of nitrogens with zero attached hydrogens (tertiary/aromatic N) is 2. The van der Waals surface area contributed by atoms with Gasteiger partial charge in [-0.3, -0.25) is 9.59 Å². The van der Waals surface area contributed by atoms with Crippen molar-refractivity contribution < 1.29 is 32.3 Å². The summed E-state index contributed by atoms with van der Waals surface area (Å²) in [6.07, 6.45) is 2.72. The molecule has 1 aromatic carbocycles. The molecule has 3 aliphatic carbocycles. The van der Waals surface area contributed by atoms with E-state index in [4.69, 9.17) is 15.0 Å². The standard InChI is InChI=1S/C29H45BN6O8S/c1-18(2)14-24(30-43-23-16-19-15-22(28(19,3)4)29(23,5)44-30)34-26(38)21(12-9-13-32-27(31)35-36(39)40)33-25(37)17-45(41,42)20-10-7-6-8-11-20/h6-8,10-11,18-19,21-24H,9,12-17H2,1-5H3,(H,33,37)(H,34,38)(H3,31,32,35)/t19-,21+,22-,23-,24+,29+/m1/s1. The van der Waals surface area contributed by atoms with E-state index in [9.17, 15) is 28.1 Å². The maximum Gasteiger partial charge on any atom is 0.481 e. The van der Waals surface area contributed by atoms with Crippen LogP contribution in [0, 0.1) is 33.3 Å². The molecule has 1 heterocycles. The number of nitrogens with two attached hydrogens (primary N) is 1. The van der Waals surface area contributed by atoms with Crippen LogP contribution in [0.25, 0.3) is 0 Å². The number of nitrogens with one attached hydrogen (secondary N) is 3. The van der Waals surface area contributed by atoms with Crippen molar-refractivity contribution in [2.75, 3.05) is 12.3 Å². The monoisotopic (exact) mass is 648 g/mol. The fourth-order valence-electron chi connectivity index (χ4n) is 7.11. The number of guanidine groups is 1. The van der Waals surface area contributed by atoms with E-state index >= 15 is 0 Å². The van der Waals surface area contributed by atoms with Crippen molar-refractivity contribution >= 4 is 34.7 Å². The van der Waals surface area contributed by atoms with E-state index in [0.717, 1.165) is 12.8 Å². The second kappa shape index (κ2) is 13.6. The molecule has 5 rings (SSSR count). The summed E-state index contributed by atoms with van der Waals surface area (Å²) < 4.78 is 38.8. The average molecular weight is 649 g/mol. The van der Waals surface area contributed by atoms with Gasteiger partial charge in [0.05, 0.1) is 22.5 Å². The van der Waals surface area contributed by atoms with Crippen LogP contribution in [0.5, 0.6) is 0 Å². The van der Waals surface area contributed by atoms with Gasteiger partial charge in [-0.05, 0) is 74.3 Å². The van der Waals surface area contributed by atoms with Gasteiger partial charge in [-0.1, -0.05) is 51.3 Å². The van der Waals surface area contributed by atoms with Gasteiger partial charge in [-0.15, -0.1) is 0 Å². The Balaban J connectivity index is 1.47. The zero-order valence-corrected chi connectivity index (χ0v) is 27.3. The molecule has 0 radical (unpaired) electrons. The van der Waals surface area contributed by atoms with Crippen LogP contribution in [0.1, 0.15) is 66.7 Å². The van der Waals surface area contributed by atoms with Crippen LogP contribution in [0.2, 0.25) is 0 Å². The van der Waals surface area contributed by atoms with Gasteiger partial charge in [0.25, 0.3) is 5.96 Å². The molecule has 1 aromatic rings. The van der Waals surface area contributed by atoms with Crippen molar-refractivity contribution in [2.24, 2.45) is 33.9 Å². The molecule has 2 bridgehead atoms. The first kappa shape index (κ1) is 34.6. The van der Waals surface area contributed by atoms with Gasteiger partial charge in [0.1, 0.15) is 11.8 Å². The van der Waals surface area contributed by atoms with Crippen LogP contribution in [-0.4, -0.2) is 74.3 Å². The van der Waals surface area contributed by atoms with Gasteiger partial charge in [0, 0.05) is 6.54 Å². The first-order chi connectivity index (χ1) is 21.0. The normalized spacial score (nSPS) is 26.8. The number of rotatable bonds is 14. The van der Waals surface area contributed by atoms with Crippen molar-refractivity contribution in [3.05, 3.63) is 40.4 Å². The molecular weight excluding hydrogens is 603 g/mol. The van der Waals surface area contributed by atoms with E-state index in [2.05, 4.69) is 36.4 Å². The lowest BCUT2D eigenvalue weighted by Crippen LogP contribution is -2.65. The number of aliphatic imine (C=N–C) groups is 1. The number of benzene rings is 1. The fourth-order valence-corrected chi connectivity index (χ4v) is 8.28. The van der Waals surface area contributed by atoms with Gasteiger partial charge < -0.3 is 25.7 Å². The number of carbonyl (C=O) groups is 2. The van der Waals surface area contributed by atoms with Crippen molar-refractivity contribution in [2.45, 2.75) is 95.3 Å². The third-order valence-corrected chi connectivity index (χ3v) is 11.2. The van der Waals surface area contributed by atoms with Gasteiger partial charge >= 0.3 is 7.12 Å². The van der Waals surface area contributed by atoms with E-state index in [1.807, 2.05) is 13.8 Å². The number of hydrogen-bond acceptors (Lipinski definition) is 9. The van der Waals surface area contributed by atoms with Gasteiger partial charge in [0.2, 0.25) is 11.8 Å². The van der Waals surface area contributed by atoms with Crippen molar-refractivity contribution in [3.63, 3.8) is 0 Å². The smallest absolute Gasteiger partial charge is 0.404 e. The zero-order chi connectivity index (χ0) is 33.2. The van der Waals surface area contributed by atoms with Crippen molar-refractivity contribution in [3.8, 4) is 0 Å². The Hall–Kier alpha value is -3.24. The molecule has 0 unspecified atom stereocenters. The molecule has 4 fully saturated rings. The summed E-state index contributed by atoms with van der Waals surface area (Å²) in [5, 5.41) is 15.3. The number of sulfone groups is 1. The molecular formula is C29H45BN6O8S. The van der Waals surface area contributed by atoms with Crippen LogP contribution in [0.15, 0.2) is 40.2 Å². The van der Waals surface area contributed by atoms with Crippen molar-refractivity contribution in [1.29, 1.82) is 0 Å². The summed E-state index contributed by atoms with van der Waals surface area (Å²) in [5.41, 5.74) is 6.90. The Morgan fingerprint density at radius 3 is 2.49 bits per heavy atom. The SMILES string of the molecule is CC(C)C[C@H](NC(=O)[C@H](CCCN=C(N)N[N+](=O)[O-])NC(=O)CS(=O)(=O)c1ccccc1)B1O[C@@H]2C[C@H]3C[C@H](C3(C)C)[C@]2(C)O1. The number of nitro groups is 1. The lowest BCUT2D eigenvalue weighted by molar-refractivity contribution is -0.525. The quantitative estimate of drug-likeness (QED) is 0.0573. The number of hydrazine groups is 1. The maximum atomic E-state index is 13.8. The Bertz CT molecular complexity index is 1390. The summed E-state index contributed by atoms with van der Waals surface area (Å²) in [6, 6.07) is 6.46. The molecule has 5 N–H and O–H groups in total. The van der Waals surface area contributed by atoms with E-state index in [0.29, 0.717) is 18.3 Å². The van der Waals surface area contributed by atoms with E-state index in [1.54, 1.807) is 23.6 Å². The molecule has 2 amide bonds. The summed E-state index contributed by atoms with van der Waals surface area (Å²) in [4.78, 5) is 41.2. The molecule has 6 atom stereocenters. The lowest BCUT2D eigenvalue weighted by atomic mass is 9.43. The number of hydrogen-bond donors (Lipinski definition) is 4. The highest BCUT2D eigenvalue weighted by Gasteiger charge is 2.68. The Morgan fingerprint density at radius 2 is 1.87 bits per heavy atom. The minimum Gasteiger partial charge on any atom is -0.404 e. The van der Waals surface area contributed by atoms with E-state index < -0.39 is 63.1 Å². The molecule has 0 aromatic heterocycles. The Labute approximate surface area is 264 Å². The summed E-state index contributed by atoms with van der Waals surface area (Å²) in [7, 11) is -4.64. The maximum absolute atomic E-state index is 13.8. The van der Waals surface area contributed by atoms with Crippen LogP contribution in [0.4, 0.5) is 0 Å². The highest BCUT2D eigenvalue weighted by atomic mass is 32.2. The number of carbonyl (C=O) groups excluding carboxylic acids is 2. The summed E-state index contributed by atoms with van der Waals surface area (Å²) >= 11 is 0.